The molecule has 0 aliphatic carbocycles. The molecule has 0 saturated carbocycles. The molecule has 1 aromatic heterocycles. The van der Waals surface area contributed by atoms with Gasteiger partial charge < -0.3 is 10.7 Å². The van der Waals surface area contributed by atoms with E-state index >= 15 is 0 Å². The molecule has 0 amide bonds. The summed E-state index contributed by atoms with van der Waals surface area (Å²) in [6, 6.07) is 6.06. The number of nitrogens with one attached hydrogen (secondary N) is 2. The monoisotopic (exact) mass is 381 g/mol. The van der Waals surface area contributed by atoms with E-state index in [1.54, 1.807) is 12.1 Å². The fourth-order valence-corrected chi connectivity index (χ4v) is 1.96. The summed E-state index contributed by atoms with van der Waals surface area (Å²) < 4.78 is 38.8. The van der Waals surface area contributed by atoms with Crippen LogP contribution in [0.2, 0.25) is 5.02 Å². The molecule has 4 N–H and O–H groups in total. The number of nitrogens with zero attached hydrogens (tertiary/aromatic N) is 2. The standard InChI is InChI=1S/C11H8BrClF3N5/c12-6-2-1-5(13)3-7(6)18-8-4-9(21-17)20-10(19-8)11(14,15)16/h1-4H,17H2,(H2,18,19,20,21). The predicted octanol–water partition coefficient (Wildman–Crippen LogP) is 3.94. The van der Waals surface area contributed by atoms with Crippen LogP contribution in [0, 0.1) is 0 Å². The summed E-state index contributed by atoms with van der Waals surface area (Å²) in [5, 5.41) is 3.14. The number of nitrogens with two attached hydrogens (primary N) is 1. The zero-order valence-electron chi connectivity index (χ0n) is 10.2. The summed E-state index contributed by atoms with van der Waals surface area (Å²) in [5.41, 5.74) is 2.52. The largest absolute Gasteiger partial charge is 0.451 e. The fraction of sp³-hybridized carbons (Fsp3) is 0.0909. The lowest BCUT2D eigenvalue weighted by molar-refractivity contribution is -0.144. The normalized spacial score (nSPS) is 11.3. The van der Waals surface area contributed by atoms with Gasteiger partial charge in [0.1, 0.15) is 11.6 Å². The van der Waals surface area contributed by atoms with Crippen LogP contribution in [-0.2, 0) is 6.18 Å². The molecule has 0 unspecified atom stereocenters. The van der Waals surface area contributed by atoms with E-state index in [0.29, 0.717) is 15.2 Å². The van der Waals surface area contributed by atoms with Crippen molar-refractivity contribution < 1.29 is 13.2 Å². The topological polar surface area (TPSA) is 75.9 Å². The van der Waals surface area contributed by atoms with Crippen molar-refractivity contribution in [1.82, 2.24) is 9.97 Å². The Bertz CT molecular complexity index is 665. The highest BCUT2D eigenvalue weighted by Gasteiger charge is 2.35. The average molecular weight is 383 g/mol. The molecule has 10 heteroatoms. The van der Waals surface area contributed by atoms with Gasteiger partial charge in [-0.3, -0.25) is 0 Å². The maximum absolute atomic E-state index is 12.7. The number of benzene rings is 1. The van der Waals surface area contributed by atoms with Crippen molar-refractivity contribution in [3.05, 3.63) is 39.6 Å². The van der Waals surface area contributed by atoms with Gasteiger partial charge in [-0.25, -0.2) is 15.8 Å². The molecule has 5 nitrogen and oxygen atoms in total. The van der Waals surface area contributed by atoms with Gasteiger partial charge in [0.2, 0.25) is 5.82 Å². The molecular weight excluding hydrogens is 375 g/mol. The van der Waals surface area contributed by atoms with E-state index in [2.05, 4.69) is 36.6 Å². The average Bonchev–Trinajstić information content (AvgIpc) is 2.41. The zero-order valence-corrected chi connectivity index (χ0v) is 12.5. The van der Waals surface area contributed by atoms with Gasteiger partial charge >= 0.3 is 6.18 Å². The molecule has 1 heterocycles. The minimum Gasteiger partial charge on any atom is -0.339 e. The number of anilines is 3. The number of alkyl halides is 3. The molecular formula is C11H8BrClF3N5. The first-order chi connectivity index (χ1) is 9.79. The molecule has 0 spiro atoms. The smallest absolute Gasteiger partial charge is 0.339 e. The van der Waals surface area contributed by atoms with Crippen LogP contribution in [0.3, 0.4) is 0 Å². The molecule has 0 aliphatic rings. The molecule has 1 aromatic carbocycles. The summed E-state index contributed by atoms with van der Waals surface area (Å²) >= 11 is 9.09. The van der Waals surface area contributed by atoms with Gasteiger partial charge in [-0.1, -0.05) is 11.6 Å². The molecule has 0 atom stereocenters. The first-order valence-corrected chi connectivity index (χ1v) is 6.61. The number of aromatic nitrogens is 2. The van der Waals surface area contributed by atoms with Gasteiger partial charge in [-0.2, -0.15) is 13.2 Å². The first-order valence-electron chi connectivity index (χ1n) is 5.44. The summed E-state index contributed by atoms with van der Waals surface area (Å²) in [5.74, 6) is 3.56. The SMILES string of the molecule is NNc1cc(Nc2cc(Cl)ccc2Br)nc(C(F)(F)F)n1. The molecule has 0 bridgehead atoms. The van der Waals surface area contributed by atoms with E-state index in [1.165, 1.54) is 12.1 Å². The van der Waals surface area contributed by atoms with Crippen molar-refractivity contribution in [1.29, 1.82) is 0 Å². The minimum atomic E-state index is -4.69. The molecule has 0 radical (unpaired) electrons. The van der Waals surface area contributed by atoms with Crippen LogP contribution in [0.1, 0.15) is 5.82 Å². The van der Waals surface area contributed by atoms with Crippen molar-refractivity contribution in [2.24, 2.45) is 5.84 Å². The quantitative estimate of drug-likeness (QED) is 0.554. The number of halogens is 5. The van der Waals surface area contributed by atoms with E-state index in [-0.39, 0.29) is 11.6 Å². The van der Waals surface area contributed by atoms with E-state index in [0.717, 1.165) is 0 Å². The number of hydrogen-bond acceptors (Lipinski definition) is 5. The Balaban J connectivity index is 2.42. The molecule has 112 valence electrons. The maximum atomic E-state index is 12.7. The highest BCUT2D eigenvalue weighted by atomic mass is 79.9. The zero-order chi connectivity index (χ0) is 15.6. The maximum Gasteiger partial charge on any atom is 0.451 e. The number of rotatable bonds is 3. The van der Waals surface area contributed by atoms with Crippen LogP contribution in [0.15, 0.2) is 28.7 Å². The van der Waals surface area contributed by atoms with Gasteiger partial charge in [0, 0.05) is 15.6 Å². The van der Waals surface area contributed by atoms with Gasteiger partial charge in [-0.05, 0) is 34.1 Å². The summed E-state index contributed by atoms with van der Waals surface area (Å²) in [6.45, 7) is 0. The molecule has 2 rings (SSSR count). The van der Waals surface area contributed by atoms with Crippen molar-refractivity contribution in [3.63, 3.8) is 0 Å². The third kappa shape index (κ3) is 3.96. The van der Waals surface area contributed by atoms with Crippen LogP contribution in [-0.4, -0.2) is 9.97 Å². The van der Waals surface area contributed by atoms with E-state index in [4.69, 9.17) is 17.4 Å². The number of hydrazine groups is 1. The Morgan fingerprint density at radius 1 is 1.14 bits per heavy atom. The Morgan fingerprint density at radius 3 is 2.43 bits per heavy atom. The van der Waals surface area contributed by atoms with Gasteiger partial charge in [0.05, 0.1) is 5.69 Å². The third-order valence-corrected chi connectivity index (χ3v) is 3.25. The third-order valence-electron chi connectivity index (χ3n) is 2.32. The van der Waals surface area contributed by atoms with Gasteiger partial charge in [0.25, 0.3) is 0 Å². The summed E-state index contributed by atoms with van der Waals surface area (Å²) in [6.07, 6.45) is -4.69. The van der Waals surface area contributed by atoms with Crippen molar-refractivity contribution in [2.75, 3.05) is 10.7 Å². The van der Waals surface area contributed by atoms with Crippen LogP contribution >= 0.6 is 27.5 Å². The Kier molecular flexibility index (Phi) is 4.55. The second kappa shape index (κ2) is 6.04. The lowest BCUT2D eigenvalue weighted by Crippen LogP contribution is -2.16. The van der Waals surface area contributed by atoms with Crippen LogP contribution in [0.5, 0.6) is 0 Å². The van der Waals surface area contributed by atoms with Gasteiger partial charge in [0.15, 0.2) is 0 Å². The van der Waals surface area contributed by atoms with E-state index in [9.17, 15) is 13.2 Å². The first kappa shape index (κ1) is 15.8. The van der Waals surface area contributed by atoms with Gasteiger partial charge in [-0.15, -0.1) is 0 Å². The van der Waals surface area contributed by atoms with Crippen LogP contribution < -0.4 is 16.6 Å². The van der Waals surface area contributed by atoms with E-state index in [1.807, 2.05) is 0 Å². The minimum absolute atomic E-state index is 0.0757. The number of hydrogen-bond donors (Lipinski definition) is 3. The predicted molar refractivity (Wildman–Crippen MR) is 77.3 cm³/mol. The Labute approximate surface area is 130 Å². The highest BCUT2D eigenvalue weighted by Crippen LogP contribution is 2.31. The molecule has 0 fully saturated rings. The fourth-order valence-electron chi connectivity index (χ4n) is 1.44. The van der Waals surface area contributed by atoms with E-state index < -0.39 is 12.0 Å². The molecule has 21 heavy (non-hydrogen) atoms. The molecule has 0 aliphatic heterocycles. The Hall–Kier alpha value is -1.58. The molecule has 0 saturated heterocycles. The lowest BCUT2D eigenvalue weighted by Gasteiger charge is -2.12. The second-order valence-electron chi connectivity index (χ2n) is 3.85. The summed E-state index contributed by atoms with van der Waals surface area (Å²) in [7, 11) is 0. The highest BCUT2D eigenvalue weighted by molar-refractivity contribution is 9.10. The van der Waals surface area contributed by atoms with Crippen LogP contribution in [0.25, 0.3) is 0 Å². The lowest BCUT2D eigenvalue weighted by atomic mass is 10.3. The van der Waals surface area contributed by atoms with Crippen LogP contribution in [0.4, 0.5) is 30.5 Å². The van der Waals surface area contributed by atoms with Crippen molar-refractivity contribution >= 4 is 44.9 Å². The van der Waals surface area contributed by atoms with Crippen molar-refractivity contribution in [2.45, 2.75) is 6.18 Å². The molecule has 2 aromatic rings. The summed E-state index contributed by atoms with van der Waals surface area (Å²) in [4.78, 5) is 6.67. The Morgan fingerprint density at radius 2 is 1.81 bits per heavy atom. The number of nitrogen functional groups attached to an aromatic ring is 1. The second-order valence-corrected chi connectivity index (χ2v) is 5.14. The van der Waals surface area contributed by atoms with Crippen molar-refractivity contribution in [3.8, 4) is 0 Å².